The Hall–Kier alpha value is -2.04. The lowest BCUT2D eigenvalue weighted by Crippen LogP contribution is -2.47. The Kier molecular flexibility index (Phi) is 5.95. The third-order valence-corrected chi connectivity index (χ3v) is 4.74. The van der Waals surface area contributed by atoms with Gasteiger partial charge in [0.25, 0.3) is 0 Å². The van der Waals surface area contributed by atoms with Crippen LogP contribution in [-0.2, 0) is 0 Å². The highest BCUT2D eigenvalue weighted by atomic mass is 19.1. The van der Waals surface area contributed by atoms with E-state index < -0.39 is 0 Å². The van der Waals surface area contributed by atoms with Gasteiger partial charge in [-0.3, -0.25) is 9.80 Å². The molecule has 0 aromatic heterocycles. The van der Waals surface area contributed by atoms with Crippen molar-refractivity contribution in [1.29, 1.82) is 0 Å². The molecular weight excluding hydrogens is 318 g/mol. The average Bonchev–Trinajstić information content (AvgIpc) is 2.64. The molecule has 0 atom stereocenters. The molecule has 0 saturated carbocycles. The highest BCUT2D eigenvalue weighted by Crippen LogP contribution is 2.30. The lowest BCUT2D eigenvalue weighted by atomic mass is 9.96. The minimum atomic E-state index is -0.238. The van der Waals surface area contributed by atoms with E-state index >= 15 is 0 Å². The molecule has 25 heavy (non-hydrogen) atoms. The van der Waals surface area contributed by atoms with Crippen molar-refractivity contribution < 1.29 is 8.78 Å². The van der Waals surface area contributed by atoms with Gasteiger partial charge in [-0.15, -0.1) is 0 Å². The van der Waals surface area contributed by atoms with Crippen LogP contribution in [0.4, 0.5) is 8.78 Å². The fraction of sp³-hybridized carbons (Fsp3) is 0.333. The third kappa shape index (κ3) is 4.53. The minimum absolute atomic E-state index is 0.0186. The highest BCUT2D eigenvalue weighted by molar-refractivity contribution is 5.32. The van der Waals surface area contributed by atoms with Gasteiger partial charge < -0.3 is 0 Å². The van der Waals surface area contributed by atoms with Crippen molar-refractivity contribution in [2.75, 3.05) is 32.7 Å². The molecule has 1 aliphatic heterocycles. The Morgan fingerprint density at radius 1 is 0.840 bits per heavy atom. The van der Waals surface area contributed by atoms with Crippen molar-refractivity contribution in [3.63, 3.8) is 0 Å². The Labute approximate surface area is 148 Å². The summed E-state index contributed by atoms with van der Waals surface area (Å²) in [6.45, 7) is 6.85. The SMILES string of the molecule is C/C=C/CN1CCN(C(c2ccc(F)cc2)c2ccc(F)cc2)CC1. The fourth-order valence-electron chi connectivity index (χ4n) is 3.36. The van der Waals surface area contributed by atoms with Crippen molar-refractivity contribution in [3.05, 3.63) is 83.4 Å². The average molecular weight is 342 g/mol. The van der Waals surface area contributed by atoms with Gasteiger partial charge in [-0.05, 0) is 42.3 Å². The van der Waals surface area contributed by atoms with Crippen LogP contribution in [0.15, 0.2) is 60.7 Å². The van der Waals surface area contributed by atoms with E-state index in [1.165, 1.54) is 24.3 Å². The molecule has 2 nitrogen and oxygen atoms in total. The van der Waals surface area contributed by atoms with Crippen LogP contribution in [-0.4, -0.2) is 42.5 Å². The number of rotatable bonds is 5. The standard InChI is InChI=1S/C21H24F2N2/c1-2-3-12-24-13-15-25(16-14-24)21(17-4-8-19(22)9-5-17)18-6-10-20(23)11-7-18/h2-11,21H,12-16H2,1H3/b3-2+. The van der Waals surface area contributed by atoms with Gasteiger partial charge in [0.1, 0.15) is 11.6 Å². The summed E-state index contributed by atoms with van der Waals surface area (Å²) in [5.74, 6) is -0.476. The maximum absolute atomic E-state index is 13.3. The maximum Gasteiger partial charge on any atom is 0.123 e. The molecule has 1 aliphatic rings. The first-order valence-corrected chi connectivity index (χ1v) is 8.76. The molecule has 0 unspecified atom stereocenters. The lowest BCUT2D eigenvalue weighted by Gasteiger charge is -2.39. The number of allylic oxidation sites excluding steroid dienone is 1. The smallest absolute Gasteiger partial charge is 0.123 e. The predicted octanol–water partition coefficient (Wildman–Crippen LogP) is 4.25. The topological polar surface area (TPSA) is 6.48 Å². The third-order valence-electron chi connectivity index (χ3n) is 4.74. The van der Waals surface area contributed by atoms with Gasteiger partial charge in [-0.2, -0.15) is 0 Å². The van der Waals surface area contributed by atoms with E-state index in [1.54, 1.807) is 0 Å². The molecular formula is C21H24F2N2. The lowest BCUT2D eigenvalue weighted by molar-refractivity contribution is 0.117. The normalized spacial score (nSPS) is 16.8. The zero-order valence-electron chi connectivity index (χ0n) is 14.5. The van der Waals surface area contributed by atoms with Crippen LogP contribution >= 0.6 is 0 Å². The number of halogens is 2. The number of hydrogen-bond donors (Lipinski definition) is 0. The summed E-state index contributed by atoms with van der Waals surface area (Å²) >= 11 is 0. The van der Waals surface area contributed by atoms with Crippen molar-refractivity contribution in [3.8, 4) is 0 Å². The quantitative estimate of drug-likeness (QED) is 0.750. The van der Waals surface area contributed by atoms with E-state index in [1.807, 2.05) is 31.2 Å². The largest absolute Gasteiger partial charge is 0.297 e. The van der Waals surface area contributed by atoms with Crippen LogP contribution in [0.2, 0.25) is 0 Å². The summed E-state index contributed by atoms with van der Waals surface area (Å²) in [6.07, 6.45) is 4.25. The monoisotopic (exact) mass is 342 g/mol. The molecule has 3 rings (SSSR count). The van der Waals surface area contributed by atoms with E-state index in [0.717, 1.165) is 43.9 Å². The number of benzene rings is 2. The van der Waals surface area contributed by atoms with Gasteiger partial charge in [0.05, 0.1) is 6.04 Å². The van der Waals surface area contributed by atoms with Crippen molar-refractivity contribution >= 4 is 0 Å². The summed E-state index contributed by atoms with van der Waals surface area (Å²) in [5, 5.41) is 0. The van der Waals surface area contributed by atoms with Crippen LogP contribution in [0.3, 0.4) is 0 Å². The molecule has 0 aliphatic carbocycles. The Balaban J connectivity index is 1.82. The first kappa shape index (κ1) is 17.8. The van der Waals surface area contributed by atoms with Crippen LogP contribution in [0.1, 0.15) is 24.1 Å². The summed E-state index contributed by atoms with van der Waals surface area (Å²) in [7, 11) is 0. The van der Waals surface area contributed by atoms with Crippen molar-refractivity contribution in [2.45, 2.75) is 13.0 Å². The maximum atomic E-state index is 13.3. The second-order valence-corrected chi connectivity index (χ2v) is 6.41. The second-order valence-electron chi connectivity index (χ2n) is 6.41. The molecule has 0 bridgehead atoms. The van der Waals surface area contributed by atoms with Gasteiger partial charge >= 0.3 is 0 Å². The predicted molar refractivity (Wildman–Crippen MR) is 97.5 cm³/mol. The van der Waals surface area contributed by atoms with E-state index in [9.17, 15) is 8.78 Å². The second kappa shape index (κ2) is 8.37. The van der Waals surface area contributed by atoms with Crippen molar-refractivity contribution in [1.82, 2.24) is 9.80 Å². The van der Waals surface area contributed by atoms with Gasteiger partial charge in [0.2, 0.25) is 0 Å². The zero-order chi connectivity index (χ0) is 17.6. The van der Waals surface area contributed by atoms with Crippen LogP contribution in [0, 0.1) is 11.6 Å². The van der Waals surface area contributed by atoms with Crippen LogP contribution < -0.4 is 0 Å². The van der Waals surface area contributed by atoms with E-state index in [2.05, 4.69) is 22.0 Å². The van der Waals surface area contributed by atoms with E-state index in [-0.39, 0.29) is 17.7 Å². The molecule has 0 radical (unpaired) electrons. The van der Waals surface area contributed by atoms with Gasteiger partial charge in [-0.25, -0.2) is 8.78 Å². The molecule has 0 spiro atoms. The van der Waals surface area contributed by atoms with Crippen LogP contribution in [0.5, 0.6) is 0 Å². The molecule has 0 amide bonds. The number of hydrogen-bond acceptors (Lipinski definition) is 2. The Morgan fingerprint density at radius 3 is 1.76 bits per heavy atom. The molecule has 1 saturated heterocycles. The molecule has 0 N–H and O–H groups in total. The molecule has 1 heterocycles. The number of piperazine rings is 1. The molecule has 132 valence electrons. The Bertz CT molecular complexity index is 641. The summed E-state index contributed by atoms with van der Waals surface area (Å²) in [6, 6.07) is 13.3. The molecule has 1 fully saturated rings. The molecule has 2 aromatic rings. The van der Waals surface area contributed by atoms with Crippen LogP contribution in [0.25, 0.3) is 0 Å². The fourth-order valence-corrected chi connectivity index (χ4v) is 3.36. The summed E-state index contributed by atoms with van der Waals surface area (Å²) in [4.78, 5) is 4.81. The van der Waals surface area contributed by atoms with E-state index in [4.69, 9.17) is 0 Å². The molecule has 4 heteroatoms. The first-order chi connectivity index (χ1) is 12.2. The van der Waals surface area contributed by atoms with Crippen molar-refractivity contribution in [2.24, 2.45) is 0 Å². The highest BCUT2D eigenvalue weighted by Gasteiger charge is 2.26. The minimum Gasteiger partial charge on any atom is -0.297 e. The first-order valence-electron chi connectivity index (χ1n) is 8.76. The summed E-state index contributed by atoms with van der Waals surface area (Å²) < 4.78 is 26.7. The van der Waals surface area contributed by atoms with Gasteiger partial charge in [-0.1, -0.05) is 36.4 Å². The molecule has 2 aromatic carbocycles. The summed E-state index contributed by atoms with van der Waals surface area (Å²) in [5.41, 5.74) is 2.07. The van der Waals surface area contributed by atoms with Gasteiger partial charge in [0.15, 0.2) is 0 Å². The zero-order valence-corrected chi connectivity index (χ0v) is 14.5. The van der Waals surface area contributed by atoms with E-state index in [0.29, 0.717) is 0 Å². The number of nitrogens with zero attached hydrogens (tertiary/aromatic N) is 2. The van der Waals surface area contributed by atoms with Gasteiger partial charge in [0, 0.05) is 32.7 Å². The Morgan fingerprint density at radius 2 is 1.32 bits per heavy atom.